The second-order valence-electron chi connectivity index (χ2n) is 8.03. The average Bonchev–Trinajstić information content (AvgIpc) is 3.34. The third-order valence-electron chi connectivity index (χ3n) is 5.91. The molecule has 130 valence electrons. The molecule has 0 spiro atoms. The van der Waals surface area contributed by atoms with Gasteiger partial charge in [0.2, 0.25) is 5.91 Å². The maximum atomic E-state index is 12.2. The number of amides is 1. The molecule has 3 unspecified atom stereocenters. The van der Waals surface area contributed by atoms with Crippen LogP contribution < -0.4 is 5.32 Å². The highest BCUT2D eigenvalue weighted by molar-refractivity contribution is 9.10. The highest BCUT2D eigenvalue weighted by Gasteiger charge is 2.39. The van der Waals surface area contributed by atoms with Crippen LogP contribution in [0.25, 0.3) is 0 Å². The first-order valence-corrected chi connectivity index (χ1v) is 10.2. The van der Waals surface area contributed by atoms with Crippen molar-refractivity contribution < 1.29 is 4.79 Å². The van der Waals surface area contributed by atoms with E-state index in [0.717, 1.165) is 25.4 Å². The van der Waals surface area contributed by atoms with E-state index in [1.807, 2.05) is 0 Å². The molecule has 3 nitrogen and oxygen atoms in total. The summed E-state index contributed by atoms with van der Waals surface area (Å²) in [5, 5.41) is 3.82. The van der Waals surface area contributed by atoms with Gasteiger partial charge in [-0.05, 0) is 67.2 Å². The second-order valence-corrected chi connectivity index (χ2v) is 8.95. The zero-order valence-electron chi connectivity index (χ0n) is 14.4. The minimum Gasteiger partial charge on any atom is -0.339 e. The number of halogens is 1. The lowest BCUT2D eigenvalue weighted by Crippen LogP contribution is -2.31. The number of aryl methyl sites for hydroxylation is 1. The van der Waals surface area contributed by atoms with Crippen molar-refractivity contribution in [2.45, 2.75) is 57.5 Å². The SMILES string of the molecule is CC1CCc2ccc(Br)cc2C(NCC2CC(=O)N(C3CC3)C2)C1. The van der Waals surface area contributed by atoms with Crippen LogP contribution in [0.5, 0.6) is 0 Å². The molecule has 1 amide bonds. The second kappa shape index (κ2) is 6.80. The Morgan fingerprint density at radius 3 is 2.92 bits per heavy atom. The van der Waals surface area contributed by atoms with Crippen LogP contribution in [0.15, 0.2) is 22.7 Å². The van der Waals surface area contributed by atoms with Crippen LogP contribution in [0.4, 0.5) is 0 Å². The molecule has 24 heavy (non-hydrogen) atoms. The molecular weight excluding hydrogens is 364 g/mol. The summed E-state index contributed by atoms with van der Waals surface area (Å²) in [5.74, 6) is 1.59. The Morgan fingerprint density at radius 2 is 2.12 bits per heavy atom. The molecule has 1 heterocycles. The van der Waals surface area contributed by atoms with E-state index in [2.05, 4.69) is 51.3 Å². The number of nitrogens with zero attached hydrogens (tertiary/aromatic N) is 1. The van der Waals surface area contributed by atoms with Gasteiger partial charge in [-0.25, -0.2) is 0 Å². The van der Waals surface area contributed by atoms with Gasteiger partial charge < -0.3 is 10.2 Å². The maximum Gasteiger partial charge on any atom is 0.223 e. The standard InChI is InChI=1S/C20H27BrN2O/c1-13-2-3-15-4-5-16(21)10-18(15)19(8-13)22-11-14-9-20(24)23(12-14)17-6-7-17/h4-5,10,13-14,17,19,22H,2-3,6-9,11-12H2,1H3. The van der Waals surface area contributed by atoms with Gasteiger partial charge in [0.05, 0.1) is 0 Å². The zero-order valence-corrected chi connectivity index (χ0v) is 16.0. The van der Waals surface area contributed by atoms with Crippen molar-refractivity contribution in [3.63, 3.8) is 0 Å². The van der Waals surface area contributed by atoms with Gasteiger partial charge in [0, 0.05) is 36.1 Å². The molecule has 0 aromatic heterocycles. The molecule has 3 aliphatic rings. The monoisotopic (exact) mass is 390 g/mol. The number of fused-ring (bicyclic) bond motifs is 1. The Labute approximate surface area is 153 Å². The number of carbonyl (C=O) groups is 1. The van der Waals surface area contributed by atoms with Gasteiger partial charge >= 0.3 is 0 Å². The summed E-state index contributed by atoms with van der Waals surface area (Å²) >= 11 is 3.64. The van der Waals surface area contributed by atoms with Crippen LogP contribution in [-0.4, -0.2) is 29.9 Å². The highest BCUT2D eigenvalue weighted by atomic mass is 79.9. The first-order valence-electron chi connectivity index (χ1n) is 9.41. The summed E-state index contributed by atoms with van der Waals surface area (Å²) in [7, 11) is 0. The van der Waals surface area contributed by atoms with E-state index in [9.17, 15) is 4.79 Å². The van der Waals surface area contributed by atoms with Crippen LogP contribution in [0.2, 0.25) is 0 Å². The fourth-order valence-electron chi connectivity index (χ4n) is 4.35. The summed E-state index contributed by atoms with van der Waals surface area (Å²) in [4.78, 5) is 14.3. The summed E-state index contributed by atoms with van der Waals surface area (Å²) in [6, 6.07) is 7.72. The van der Waals surface area contributed by atoms with Crippen molar-refractivity contribution in [1.29, 1.82) is 0 Å². The fourth-order valence-corrected chi connectivity index (χ4v) is 4.73. The molecule has 1 saturated carbocycles. The summed E-state index contributed by atoms with van der Waals surface area (Å²) in [6.07, 6.45) is 6.80. The number of benzene rings is 1. The molecule has 1 N–H and O–H groups in total. The van der Waals surface area contributed by atoms with E-state index in [-0.39, 0.29) is 0 Å². The molecule has 2 aliphatic carbocycles. The number of nitrogens with one attached hydrogen (secondary N) is 1. The Kier molecular flexibility index (Phi) is 4.70. The molecule has 3 atom stereocenters. The molecular formula is C20H27BrN2O. The zero-order chi connectivity index (χ0) is 16.7. The predicted octanol–water partition coefficient (Wildman–Crippen LogP) is 4.06. The topological polar surface area (TPSA) is 32.3 Å². The van der Waals surface area contributed by atoms with E-state index in [1.165, 1.54) is 47.7 Å². The van der Waals surface area contributed by atoms with E-state index >= 15 is 0 Å². The number of likely N-dealkylation sites (tertiary alicyclic amines) is 1. The Balaban J connectivity index is 1.43. The Morgan fingerprint density at radius 1 is 1.29 bits per heavy atom. The highest BCUT2D eigenvalue weighted by Crippen LogP contribution is 2.35. The predicted molar refractivity (Wildman–Crippen MR) is 99.8 cm³/mol. The van der Waals surface area contributed by atoms with Crippen molar-refractivity contribution in [2.75, 3.05) is 13.1 Å². The number of rotatable bonds is 4. The van der Waals surface area contributed by atoms with Crippen LogP contribution in [0.1, 0.15) is 56.2 Å². The van der Waals surface area contributed by atoms with Crippen LogP contribution in [0, 0.1) is 11.8 Å². The van der Waals surface area contributed by atoms with Crippen molar-refractivity contribution in [3.8, 4) is 0 Å². The third kappa shape index (κ3) is 3.55. The van der Waals surface area contributed by atoms with Crippen molar-refractivity contribution in [3.05, 3.63) is 33.8 Å². The molecule has 1 aliphatic heterocycles. The van der Waals surface area contributed by atoms with Gasteiger partial charge in [-0.15, -0.1) is 0 Å². The third-order valence-corrected chi connectivity index (χ3v) is 6.40. The van der Waals surface area contributed by atoms with Gasteiger partial charge in [-0.2, -0.15) is 0 Å². The molecule has 1 saturated heterocycles. The van der Waals surface area contributed by atoms with Gasteiger partial charge in [-0.1, -0.05) is 28.9 Å². The number of carbonyl (C=O) groups excluding carboxylic acids is 1. The summed E-state index contributed by atoms with van der Waals surface area (Å²) < 4.78 is 1.17. The first kappa shape index (κ1) is 16.6. The number of hydrogen-bond acceptors (Lipinski definition) is 2. The van der Waals surface area contributed by atoms with Crippen molar-refractivity contribution in [1.82, 2.24) is 10.2 Å². The quantitative estimate of drug-likeness (QED) is 0.785. The smallest absolute Gasteiger partial charge is 0.223 e. The minimum atomic E-state index is 0.377. The molecule has 1 aromatic carbocycles. The molecule has 2 fully saturated rings. The lowest BCUT2D eigenvalue weighted by Gasteiger charge is -2.23. The van der Waals surface area contributed by atoms with Gasteiger partial charge in [0.1, 0.15) is 0 Å². The van der Waals surface area contributed by atoms with E-state index in [1.54, 1.807) is 0 Å². The van der Waals surface area contributed by atoms with Gasteiger partial charge in [-0.3, -0.25) is 4.79 Å². The summed E-state index contributed by atoms with van der Waals surface area (Å²) in [5.41, 5.74) is 2.94. The normalized spacial score (nSPS) is 30.3. The molecule has 0 bridgehead atoms. The molecule has 0 radical (unpaired) electrons. The lowest BCUT2D eigenvalue weighted by atomic mass is 9.96. The van der Waals surface area contributed by atoms with E-state index < -0.39 is 0 Å². The van der Waals surface area contributed by atoms with Gasteiger partial charge in [0.15, 0.2) is 0 Å². The fraction of sp³-hybridized carbons (Fsp3) is 0.650. The average molecular weight is 391 g/mol. The van der Waals surface area contributed by atoms with Crippen LogP contribution >= 0.6 is 15.9 Å². The van der Waals surface area contributed by atoms with Crippen molar-refractivity contribution >= 4 is 21.8 Å². The van der Waals surface area contributed by atoms with E-state index in [0.29, 0.717) is 23.9 Å². The Bertz CT molecular complexity index is 628. The molecule has 4 rings (SSSR count). The van der Waals surface area contributed by atoms with E-state index in [4.69, 9.17) is 0 Å². The van der Waals surface area contributed by atoms with Gasteiger partial charge in [0.25, 0.3) is 0 Å². The lowest BCUT2D eigenvalue weighted by molar-refractivity contribution is -0.128. The number of hydrogen-bond donors (Lipinski definition) is 1. The molecule has 4 heteroatoms. The minimum absolute atomic E-state index is 0.377. The maximum absolute atomic E-state index is 12.2. The first-order chi connectivity index (χ1) is 11.6. The summed E-state index contributed by atoms with van der Waals surface area (Å²) in [6.45, 7) is 4.28. The largest absolute Gasteiger partial charge is 0.339 e. The van der Waals surface area contributed by atoms with Crippen LogP contribution in [0.3, 0.4) is 0 Å². The van der Waals surface area contributed by atoms with Crippen LogP contribution in [-0.2, 0) is 11.2 Å². The Hall–Kier alpha value is -0.870. The molecule has 1 aromatic rings. The van der Waals surface area contributed by atoms with Crippen molar-refractivity contribution in [2.24, 2.45) is 11.8 Å².